The third-order valence-electron chi connectivity index (χ3n) is 6.82. The Balaban J connectivity index is 1.39. The van der Waals surface area contributed by atoms with Crippen LogP contribution in [0.3, 0.4) is 0 Å². The van der Waals surface area contributed by atoms with Gasteiger partial charge in [-0.05, 0) is 100 Å². The molecule has 140 valence electrons. The van der Waals surface area contributed by atoms with Crippen molar-refractivity contribution >= 4 is 11.9 Å². The van der Waals surface area contributed by atoms with Gasteiger partial charge in [0.25, 0.3) is 5.91 Å². The fourth-order valence-electron chi connectivity index (χ4n) is 5.78. The zero-order valence-electron chi connectivity index (χ0n) is 16.0. The molecule has 0 saturated heterocycles. The van der Waals surface area contributed by atoms with Crippen molar-refractivity contribution in [2.24, 2.45) is 17.8 Å². The maximum Gasteiger partial charge on any atom is 0.338 e. The fraction of sp³-hybridized carbons (Fsp3) is 0.636. The highest BCUT2D eigenvalue weighted by Crippen LogP contribution is 2.55. The molecule has 4 aliphatic carbocycles. The standard InChI is InChI=1S/C22H29NO3/c1-13-4-5-19(6-14(13)2)21(25)26-15(3)20(24)23-22-10-16-7-17(11-22)9-18(8-16)12-22/h4-6,15-18H,7-12H2,1-3H3,(H,23,24)/t15-,16?,17?,18?,22?/m1/s1. The van der Waals surface area contributed by atoms with Gasteiger partial charge in [-0.25, -0.2) is 4.79 Å². The van der Waals surface area contributed by atoms with Crippen LogP contribution in [0.5, 0.6) is 0 Å². The van der Waals surface area contributed by atoms with E-state index in [2.05, 4.69) is 5.32 Å². The third-order valence-corrected chi connectivity index (χ3v) is 6.82. The fourth-order valence-corrected chi connectivity index (χ4v) is 5.78. The van der Waals surface area contributed by atoms with Crippen molar-refractivity contribution in [3.8, 4) is 0 Å². The lowest BCUT2D eigenvalue weighted by molar-refractivity contribution is -0.134. The molecule has 0 aliphatic heterocycles. The Morgan fingerprint density at radius 1 is 1.04 bits per heavy atom. The van der Waals surface area contributed by atoms with Crippen molar-refractivity contribution in [3.63, 3.8) is 0 Å². The Hall–Kier alpha value is -1.84. The van der Waals surface area contributed by atoms with Crippen LogP contribution in [-0.2, 0) is 9.53 Å². The summed E-state index contributed by atoms with van der Waals surface area (Å²) in [6, 6.07) is 5.49. The Kier molecular flexibility index (Phi) is 4.32. The summed E-state index contributed by atoms with van der Waals surface area (Å²) >= 11 is 0. The van der Waals surface area contributed by atoms with E-state index >= 15 is 0 Å². The van der Waals surface area contributed by atoms with Crippen molar-refractivity contribution < 1.29 is 14.3 Å². The molecule has 0 spiro atoms. The van der Waals surface area contributed by atoms with Crippen LogP contribution in [0, 0.1) is 31.6 Å². The molecule has 4 bridgehead atoms. The zero-order valence-corrected chi connectivity index (χ0v) is 16.0. The summed E-state index contributed by atoms with van der Waals surface area (Å²) in [7, 11) is 0. The Labute approximate surface area is 155 Å². The molecule has 0 radical (unpaired) electrons. The van der Waals surface area contributed by atoms with Crippen molar-refractivity contribution in [2.75, 3.05) is 0 Å². The highest BCUT2D eigenvalue weighted by Gasteiger charge is 2.51. The smallest absolute Gasteiger partial charge is 0.338 e. The first-order chi connectivity index (χ1) is 12.3. The van der Waals surface area contributed by atoms with Crippen LogP contribution in [0.2, 0.25) is 0 Å². The topological polar surface area (TPSA) is 55.4 Å². The summed E-state index contributed by atoms with van der Waals surface area (Å²) < 4.78 is 5.46. The highest BCUT2D eigenvalue weighted by atomic mass is 16.5. The first-order valence-corrected chi connectivity index (χ1v) is 9.94. The number of rotatable bonds is 4. The van der Waals surface area contributed by atoms with E-state index in [0.717, 1.165) is 48.1 Å². The van der Waals surface area contributed by atoms with E-state index in [1.54, 1.807) is 13.0 Å². The second-order valence-electron chi connectivity index (χ2n) is 9.03. The van der Waals surface area contributed by atoms with Crippen LogP contribution in [-0.4, -0.2) is 23.5 Å². The zero-order chi connectivity index (χ0) is 18.5. The number of carbonyl (C=O) groups excluding carboxylic acids is 2. The van der Waals surface area contributed by atoms with Crippen LogP contribution in [0.4, 0.5) is 0 Å². The number of nitrogens with one attached hydrogen (secondary N) is 1. The van der Waals surface area contributed by atoms with E-state index in [4.69, 9.17) is 4.74 Å². The maximum absolute atomic E-state index is 12.7. The van der Waals surface area contributed by atoms with Gasteiger partial charge in [0.1, 0.15) is 0 Å². The second kappa shape index (κ2) is 6.40. The highest BCUT2D eigenvalue weighted by molar-refractivity contribution is 5.92. The third kappa shape index (κ3) is 3.26. The van der Waals surface area contributed by atoms with E-state index in [1.165, 1.54) is 19.3 Å². The molecule has 1 aromatic rings. The van der Waals surface area contributed by atoms with Crippen LogP contribution < -0.4 is 5.32 Å². The van der Waals surface area contributed by atoms with Gasteiger partial charge in [0.05, 0.1) is 5.56 Å². The average Bonchev–Trinajstić information content (AvgIpc) is 2.55. The number of ether oxygens (including phenoxy) is 1. The van der Waals surface area contributed by atoms with Gasteiger partial charge in [0.15, 0.2) is 6.10 Å². The average molecular weight is 355 g/mol. The minimum atomic E-state index is -0.767. The lowest BCUT2D eigenvalue weighted by atomic mass is 9.53. The normalized spacial score (nSPS) is 33.0. The van der Waals surface area contributed by atoms with Crippen LogP contribution in [0.1, 0.15) is 66.9 Å². The van der Waals surface area contributed by atoms with Gasteiger partial charge in [-0.1, -0.05) is 6.07 Å². The molecule has 4 fully saturated rings. The molecule has 1 atom stereocenters. The molecule has 26 heavy (non-hydrogen) atoms. The molecule has 0 aromatic heterocycles. The summed E-state index contributed by atoms with van der Waals surface area (Å²) in [6.45, 7) is 5.65. The van der Waals surface area contributed by atoms with Crippen molar-refractivity contribution in [1.29, 1.82) is 0 Å². The summed E-state index contributed by atoms with van der Waals surface area (Å²) in [4.78, 5) is 25.1. The van der Waals surface area contributed by atoms with Crippen molar-refractivity contribution in [3.05, 3.63) is 34.9 Å². The molecular formula is C22H29NO3. The van der Waals surface area contributed by atoms with Crippen molar-refractivity contribution in [1.82, 2.24) is 5.32 Å². The number of benzene rings is 1. The van der Waals surface area contributed by atoms with Gasteiger partial charge in [0.2, 0.25) is 0 Å². The predicted molar refractivity (Wildman–Crippen MR) is 99.8 cm³/mol. The number of hydrogen-bond donors (Lipinski definition) is 1. The Morgan fingerprint density at radius 3 is 2.15 bits per heavy atom. The molecule has 1 aromatic carbocycles. The number of amides is 1. The van der Waals surface area contributed by atoms with E-state index in [9.17, 15) is 9.59 Å². The van der Waals surface area contributed by atoms with E-state index in [-0.39, 0.29) is 11.4 Å². The van der Waals surface area contributed by atoms with E-state index in [1.807, 2.05) is 26.0 Å². The van der Waals surface area contributed by atoms with Crippen molar-refractivity contribution in [2.45, 2.75) is 70.9 Å². The largest absolute Gasteiger partial charge is 0.449 e. The predicted octanol–water partition coefficient (Wildman–Crippen LogP) is 3.93. The maximum atomic E-state index is 12.7. The second-order valence-corrected chi connectivity index (χ2v) is 9.03. The summed E-state index contributed by atoms with van der Waals surface area (Å²) in [5.74, 6) is 1.74. The molecule has 1 amide bonds. The molecule has 4 heteroatoms. The summed E-state index contributed by atoms with van der Waals surface area (Å²) in [6.07, 6.45) is 6.55. The van der Waals surface area contributed by atoms with Gasteiger partial charge in [-0.2, -0.15) is 0 Å². The molecule has 1 N–H and O–H groups in total. The number of esters is 1. The molecular weight excluding hydrogens is 326 g/mol. The monoisotopic (exact) mass is 355 g/mol. The molecule has 4 aliphatic rings. The Bertz CT molecular complexity index is 704. The first kappa shape index (κ1) is 17.6. The number of aryl methyl sites for hydroxylation is 2. The quantitative estimate of drug-likeness (QED) is 0.833. The van der Waals surface area contributed by atoms with E-state index < -0.39 is 12.1 Å². The molecule has 5 rings (SSSR count). The van der Waals surface area contributed by atoms with Gasteiger partial charge >= 0.3 is 5.97 Å². The SMILES string of the molecule is Cc1ccc(C(=O)O[C@H](C)C(=O)NC23CC4CC(CC(C4)C2)C3)cc1C. The first-order valence-electron chi connectivity index (χ1n) is 9.94. The van der Waals surface area contributed by atoms with Gasteiger partial charge in [-0.3, -0.25) is 4.79 Å². The minimum absolute atomic E-state index is 0.0487. The number of hydrogen-bond acceptors (Lipinski definition) is 3. The Morgan fingerprint density at radius 2 is 1.62 bits per heavy atom. The molecule has 4 nitrogen and oxygen atoms in total. The van der Waals surface area contributed by atoms with Gasteiger partial charge < -0.3 is 10.1 Å². The van der Waals surface area contributed by atoms with E-state index in [0.29, 0.717) is 5.56 Å². The minimum Gasteiger partial charge on any atom is -0.449 e. The van der Waals surface area contributed by atoms with Gasteiger partial charge in [0, 0.05) is 5.54 Å². The van der Waals surface area contributed by atoms with Crippen LogP contribution in [0.25, 0.3) is 0 Å². The molecule has 4 saturated carbocycles. The summed E-state index contributed by atoms with van der Waals surface area (Å²) in [5.41, 5.74) is 2.63. The molecule has 0 heterocycles. The summed E-state index contributed by atoms with van der Waals surface area (Å²) in [5, 5.41) is 3.29. The van der Waals surface area contributed by atoms with Crippen LogP contribution >= 0.6 is 0 Å². The molecule has 0 unspecified atom stereocenters. The lowest BCUT2D eigenvalue weighted by Gasteiger charge is -2.57. The lowest BCUT2D eigenvalue weighted by Crippen LogP contribution is -2.61. The van der Waals surface area contributed by atoms with Gasteiger partial charge in [-0.15, -0.1) is 0 Å². The van der Waals surface area contributed by atoms with Crippen LogP contribution in [0.15, 0.2) is 18.2 Å². The number of carbonyl (C=O) groups is 2.